The molecule has 1 N–H and O–H groups in total. The molecule has 1 aliphatic heterocycles. The number of ether oxygens (including phenoxy) is 1. The molecule has 1 fully saturated rings. The van der Waals surface area contributed by atoms with Crippen LogP contribution in [0, 0.1) is 0 Å². The van der Waals surface area contributed by atoms with E-state index in [2.05, 4.69) is 33.0 Å². The van der Waals surface area contributed by atoms with Crippen molar-refractivity contribution < 1.29 is 4.74 Å². The number of halogens is 4. The fourth-order valence-corrected chi connectivity index (χ4v) is 3.66. The summed E-state index contributed by atoms with van der Waals surface area (Å²) in [6, 6.07) is 3.49. The molecule has 0 bridgehead atoms. The molecule has 2 rings (SSSR count). The number of hydrogen-bond acceptors (Lipinski definition) is 2. The Balaban J connectivity index is 0.00000220. The summed E-state index contributed by atoms with van der Waals surface area (Å²) >= 11 is 18.2. The van der Waals surface area contributed by atoms with Gasteiger partial charge in [0.2, 0.25) is 0 Å². The van der Waals surface area contributed by atoms with Gasteiger partial charge in [0.05, 0.1) is 10.0 Å². The fourth-order valence-electron chi connectivity index (χ4n) is 3.09. The number of hydrogen-bond donors (Lipinski definition) is 1. The van der Waals surface area contributed by atoms with Crippen LogP contribution in [0.4, 0.5) is 0 Å². The molecule has 1 aliphatic rings. The predicted octanol–water partition coefficient (Wildman–Crippen LogP) is 5.76. The van der Waals surface area contributed by atoms with Gasteiger partial charge in [-0.1, -0.05) is 34.8 Å². The summed E-state index contributed by atoms with van der Waals surface area (Å²) in [6.45, 7) is 8.73. The lowest BCUT2D eigenvalue weighted by Crippen LogP contribution is -2.60. The molecule has 0 aliphatic carbocycles. The average Bonchev–Trinajstić information content (AvgIpc) is 2.26. The molecule has 1 saturated heterocycles. The highest BCUT2D eigenvalue weighted by atomic mass is 35.5. The Kier molecular flexibility index (Phi) is 6.14. The van der Waals surface area contributed by atoms with Crippen LogP contribution in [0.25, 0.3) is 0 Å². The van der Waals surface area contributed by atoms with Crippen LogP contribution >= 0.6 is 47.2 Å². The van der Waals surface area contributed by atoms with Crippen LogP contribution in [-0.4, -0.2) is 17.2 Å². The Morgan fingerprint density at radius 3 is 2.05 bits per heavy atom. The summed E-state index contributed by atoms with van der Waals surface area (Å²) in [4.78, 5) is 0. The van der Waals surface area contributed by atoms with Crippen molar-refractivity contribution in [3.05, 3.63) is 27.2 Å². The monoisotopic (exact) mass is 371 g/mol. The van der Waals surface area contributed by atoms with Crippen LogP contribution in [0.2, 0.25) is 15.1 Å². The Morgan fingerprint density at radius 2 is 1.52 bits per heavy atom. The van der Waals surface area contributed by atoms with Crippen LogP contribution in [0.15, 0.2) is 12.1 Å². The lowest BCUT2D eigenvalue weighted by atomic mass is 9.81. The van der Waals surface area contributed by atoms with Gasteiger partial charge in [0.1, 0.15) is 16.9 Å². The molecule has 1 aromatic carbocycles. The third-order valence-electron chi connectivity index (χ3n) is 3.45. The van der Waals surface area contributed by atoms with Gasteiger partial charge < -0.3 is 10.1 Å². The molecule has 0 atom stereocenters. The van der Waals surface area contributed by atoms with E-state index in [-0.39, 0.29) is 29.6 Å². The van der Waals surface area contributed by atoms with Crippen molar-refractivity contribution >= 4 is 47.2 Å². The summed E-state index contributed by atoms with van der Waals surface area (Å²) in [6.07, 6.45) is 1.91. The quantitative estimate of drug-likeness (QED) is 0.666. The van der Waals surface area contributed by atoms with E-state index in [4.69, 9.17) is 39.5 Å². The van der Waals surface area contributed by atoms with E-state index < -0.39 is 0 Å². The van der Waals surface area contributed by atoms with E-state index in [0.29, 0.717) is 20.8 Å². The molecule has 0 amide bonds. The molecular formula is C15H21Cl4NO. The van der Waals surface area contributed by atoms with Crippen molar-refractivity contribution in [3.63, 3.8) is 0 Å². The topological polar surface area (TPSA) is 21.3 Å². The first-order valence-electron chi connectivity index (χ1n) is 6.69. The lowest BCUT2D eigenvalue weighted by Gasteiger charge is -2.46. The largest absolute Gasteiger partial charge is 0.489 e. The molecule has 1 aromatic rings. The van der Waals surface area contributed by atoms with Gasteiger partial charge >= 0.3 is 0 Å². The number of benzene rings is 1. The Bertz CT molecular complexity index is 501. The molecule has 120 valence electrons. The number of piperidine rings is 1. The average molecular weight is 373 g/mol. The molecule has 0 spiro atoms. The first kappa shape index (κ1) is 19.2. The number of nitrogens with one attached hydrogen (secondary N) is 1. The van der Waals surface area contributed by atoms with E-state index >= 15 is 0 Å². The van der Waals surface area contributed by atoms with E-state index in [1.165, 1.54) is 0 Å². The SMILES string of the molecule is CC1(C)CC(Oc2ccc(Cl)c(Cl)c2Cl)CC(C)(C)N1.Cl. The number of rotatable bonds is 2. The summed E-state index contributed by atoms with van der Waals surface area (Å²) in [5, 5.41) is 4.79. The third kappa shape index (κ3) is 4.80. The molecule has 1 heterocycles. The van der Waals surface area contributed by atoms with Crippen LogP contribution in [0.5, 0.6) is 5.75 Å². The summed E-state index contributed by atoms with van der Waals surface area (Å²) < 4.78 is 6.08. The smallest absolute Gasteiger partial charge is 0.139 e. The maximum absolute atomic E-state index is 6.20. The lowest BCUT2D eigenvalue weighted by molar-refractivity contribution is 0.0560. The summed E-state index contributed by atoms with van der Waals surface area (Å²) in [7, 11) is 0. The van der Waals surface area contributed by atoms with E-state index in [0.717, 1.165) is 12.8 Å². The van der Waals surface area contributed by atoms with Gasteiger partial charge in [-0.3, -0.25) is 0 Å². The molecule has 0 aromatic heterocycles. The first-order valence-corrected chi connectivity index (χ1v) is 7.82. The predicted molar refractivity (Wildman–Crippen MR) is 93.7 cm³/mol. The maximum atomic E-state index is 6.20. The second-order valence-corrected chi connectivity index (χ2v) is 7.88. The van der Waals surface area contributed by atoms with Crippen molar-refractivity contribution in [2.75, 3.05) is 0 Å². The van der Waals surface area contributed by atoms with E-state index in [1.54, 1.807) is 12.1 Å². The van der Waals surface area contributed by atoms with Gasteiger partial charge in [-0.15, -0.1) is 12.4 Å². The highest BCUT2D eigenvalue weighted by Crippen LogP contribution is 2.39. The minimum Gasteiger partial charge on any atom is -0.489 e. The van der Waals surface area contributed by atoms with Gasteiger partial charge in [-0.05, 0) is 39.8 Å². The van der Waals surface area contributed by atoms with Crippen molar-refractivity contribution in [2.45, 2.75) is 57.7 Å². The Hall–Kier alpha value is 0.140. The Morgan fingerprint density at radius 1 is 1.00 bits per heavy atom. The van der Waals surface area contributed by atoms with Gasteiger partial charge in [-0.2, -0.15) is 0 Å². The molecule has 0 radical (unpaired) electrons. The summed E-state index contributed by atoms with van der Waals surface area (Å²) in [5.41, 5.74) is 0.0459. The minimum atomic E-state index is 0. The second kappa shape index (κ2) is 6.72. The highest BCUT2D eigenvalue weighted by Gasteiger charge is 2.38. The van der Waals surface area contributed by atoms with Gasteiger partial charge in [0, 0.05) is 23.9 Å². The van der Waals surface area contributed by atoms with Crippen molar-refractivity contribution in [1.29, 1.82) is 0 Å². The zero-order chi connectivity index (χ0) is 15.1. The molecule has 0 saturated carbocycles. The van der Waals surface area contributed by atoms with E-state index in [9.17, 15) is 0 Å². The zero-order valence-electron chi connectivity index (χ0n) is 12.6. The van der Waals surface area contributed by atoms with Crippen LogP contribution in [-0.2, 0) is 0 Å². The minimum absolute atomic E-state index is 0. The van der Waals surface area contributed by atoms with Gasteiger partial charge in [0.25, 0.3) is 0 Å². The second-order valence-electron chi connectivity index (χ2n) is 6.71. The maximum Gasteiger partial charge on any atom is 0.139 e. The first-order chi connectivity index (χ1) is 9.10. The van der Waals surface area contributed by atoms with Crippen molar-refractivity contribution in [3.8, 4) is 5.75 Å². The van der Waals surface area contributed by atoms with Crippen LogP contribution in [0.1, 0.15) is 40.5 Å². The standard InChI is InChI=1S/C15H20Cl3NO.ClH/c1-14(2)7-9(8-15(3,4)19-14)20-11-6-5-10(16)12(17)13(11)18;/h5-6,9,19H,7-8H2,1-4H3;1H. The molecule has 21 heavy (non-hydrogen) atoms. The fraction of sp³-hybridized carbons (Fsp3) is 0.600. The summed E-state index contributed by atoms with van der Waals surface area (Å²) in [5.74, 6) is 0.597. The van der Waals surface area contributed by atoms with Gasteiger partial charge in [0.15, 0.2) is 0 Å². The highest BCUT2D eigenvalue weighted by molar-refractivity contribution is 6.48. The van der Waals surface area contributed by atoms with Crippen LogP contribution in [0.3, 0.4) is 0 Å². The zero-order valence-corrected chi connectivity index (χ0v) is 15.7. The van der Waals surface area contributed by atoms with Gasteiger partial charge in [-0.25, -0.2) is 0 Å². The molecular weight excluding hydrogens is 352 g/mol. The third-order valence-corrected chi connectivity index (χ3v) is 4.72. The van der Waals surface area contributed by atoms with Crippen LogP contribution < -0.4 is 10.1 Å². The van der Waals surface area contributed by atoms with Crippen molar-refractivity contribution in [1.82, 2.24) is 5.32 Å². The van der Waals surface area contributed by atoms with E-state index in [1.807, 2.05) is 0 Å². The Labute approximate surface area is 147 Å². The molecule has 0 unspecified atom stereocenters. The molecule has 6 heteroatoms. The molecule has 2 nitrogen and oxygen atoms in total. The normalized spacial score (nSPS) is 20.7. The van der Waals surface area contributed by atoms with Crippen molar-refractivity contribution in [2.24, 2.45) is 0 Å².